The highest BCUT2D eigenvalue weighted by atomic mass is 16.6. The van der Waals surface area contributed by atoms with Gasteiger partial charge in [-0.25, -0.2) is 19.4 Å². The summed E-state index contributed by atoms with van der Waals surface area (Å²) in [5, 5.41) is 0. The molecule has 2 saturated heterocycles. The van der Waals surface area contributed by atoms with Crippen molar-refractivity contribution in [1.29, 1.82) is 0 Å². The van der Waals surface area contributed by atoms with Crippen LogP contribution in [0.3, 0.4) is 0 Å². The molecule has 0 bridgehead atoms. The molecule has 3 atom stereocenters. The highest BCUT2D eigenvalue weighted by molar-refractivity contribution is 5.95. The monoisotopic (exact) mass is 698 g/mol. The minimum atomic E-state index is -0.538. The van der Waals surface area contributed by atoms with Crippen molar-refractivity contribution in [2.45, 2.75) is 103 Å². The summed E-state index contributed by atoms with van der Waals surface area (Å²) in [7, 11) is 0. The van der Waals surface area contributed by atoms with Crippen LogP contribution in [-0.4, -0.2) is 65.7 Å². The summed E-state index contributed by atoms with van der Waals surface area (Å²) in [6, 6.07) is 29.3. The van der Waals surface area contributed by atoms with Crippen LogP contribution in [0.5, 0.6) is 0 Å². The van der Waals surface area contributed by atoms with Crippen molar-refractivity contribution in [3.8, 4) is 0 Å². The lowest BCUT2D eigenvalue weighted by atomic mass is 9.98. The summed E-state index contributed by atoms with van der Waals surface area (Å²) in [6.45, 7) is 5.57. The zero-order valence-corrected chi connectivity index (χ0v) is 30.3. The Morgan fingerprint density at radius 1 is 0.667 bits per heavy atom. The van der Waals surface area contributed by atoms with E-state index in [4.69, 9.17) is 14.2 Å². The van der Waals surface area contributed by atoms with E-state index in [9.17, 15) is 19.2 Å². The molecule has 0 N–H and O–H groups in total. The van der Waals surface area contributed by atoms with E-state index in [1.807, 2.05) is 91.0 Å². The number of nitrogens with zero attached hydrogens (tertiary/aromatic N) is 2. The van der Waals surface area contributed by atoms with Crippen molar-refractivity contribution in [1.82, 2.24) is 9.80 Å². The maximum Gasteiger partial charge on any atom is 0.416 e. The average molecular weight is 699 g/mol. The number of hydrogen-bond donors (Lipinski definition) is 0. The van der Waals surface area contributed by atoms with Gasteiger partial charge in [-0.2, -0.15) is 0 Å². The topological polar surface area (TPSA) is 102 Å². The molecule has 0 aliphatic carbocycles. The third-order valence-electron chi connectivity index (χ3n) is 9.24. The van der Waals surface area contributed by atoms with Crippen LogP contribution in [0.2, 0.25) is 0 Å². The minimum absolute atomic E-state index is 0.102. The molecule has 2 aliphatic heterocycles. The van der Waals surface area contributed by atoms with Gasteiger partial charge in [0.2, 0.25) is 11.8 Å². The van der Waals surface area contributed by atoms with Gasteiger partial charge in [0.1, 0.15) is 13.2 Å². The van der Waals surface area contributed by atoms with Crippen molar-refractivity contribution in [3.05, 3.63) is 108 Å². The van der Waals surface area contributed by atoms with Crippen molar-refractivity contribution < 1.29 is 33.4 Å². The molecule has 274 valence electrons. The molecule has 5 rings (SSSR count). The van der Waals surface area contributed by atoms with Crippen LogP contribution in [0.4, 0.5) is 9.59 Å². The van der Waals surface area contributed by atoms with Crippen LogP contribution >= 0.6 is 0 Å². The van der Waals surface area contributed by atoms with E-state index in [-0.39, 0.29) is 36.4 Å². The minimum Gasteiger partial charge on any atom is -0.447 e. The molecule has 3 aromatic rings. The van der Waals surface area contributed by atoms with Gasteiger partial charge in [0.15, 0.2) is 0 Å². The number of carbonyl (C=O) groups excluding carboxylic acids is 4. The van der Waals surface area contributed by atoms with Crippen molar-refractivity contribution in [3.63, 3.8) is 0 Å². The molecule has 0 aromatic heterocycles. The number of cyclic esters (lactones) is 2. The number of amides is 4. The summed E-state index contributed by atoms with van der Waals surface area (Å²) in [4.78, 5) is 52.4. The molecule has 2 heterocycles. The zero-order chi connectivity index (χ0) is 36.3. The van der Waals surface area contributed by atoms with Crippen molar-refractivity contribution in [2.24, 2.45) is 5.92 Å². The molecule has 2 fully saturated rings. The van der Waals surface area contributed by atoms with Crippen LogP contribution in [0.1, 0.15) is 88.3 Å². The first-order valence-electron chi connectivity index (χ1n) is 18.6. The molecular weight excluding hydrogens is 644 g/mol. The number of unbranched alkanes of at least 4 members (excludes halogenated alkanes) is 5. The number of benzene rings is 3. The van der Waals surface area contributed by atoms with Crippen LogP contribution in [0.15, 0.2) is 91.0 Å². The number of ether oxygens (including phenoxy) is 3. The lowest BCUT2D eigenvalue weighted by Crippen LogP contribution is -2.44. The highest BCUT2D eigenvalue weighted by Crippen LogP contribution is 2.24. The van der Waals surface area contributed by atoms with E-state index in [0.717, 1.165) is 61.6 Å². The first-order valence-corrected chi connectivity index (χ1v) is 18.6. The lowest BCUT2D eigenvalue weighted by Gasteiger charge is -2.25. The Morgan fingerprint density at radius 2 is 1.16 bits per heavy atom. The Bertz CT molecular complexity index is 1480. The van der Waals surface area contributed by atoms with E-state index in [0.29, 0.717) is 45.5 Å². The van der Waals surface area contributed by atoms with Crippen LogP contribution < -0.4 is 0 Å². The predicted molar refractivity (Wildman–Crippen MR) is 197 cm³/mol. The fourth-order valence-corrected chi connectivity index (χ4v) is 6.40. The normalized spacial score (nSPS) is 17.4. The van der Waals surface area contributed by atoms with Crippen molar-refractivity contribution in [2.75, 3.05) is 19.8 Å². The van der Waals surface area contributed by atoms with E-state index in [1.165, 1.54) is 9.80 Å². The van der Waals surface area contributed by atoms with Crippen LogP contribution in [-0.2, 0) is 43.2 Å². The van der Waals surface area contributed by atoms with Gasteiger partial charge in [0.25, 0.3) is 0 Å². The first kappa shape index (κ1) is 39.3. The van der Waals surface area contributed by atoms with Gasteiger partial charge in [0.05, 0.1) is 31.2 Å². The van der Waals surface area contributed by atoms with Gasteiger partial charge in [-0.1, -0.05) is 143 Å². The first-order chi connectivity index (χ1) is 24.9. The summed E-state index contributed by atoms with van der Waals surface area (Å²) in [6.07, 6.45) is 8.59. The molecule has 2 aliphatic rings. The molecule has 9 heteroatoms. The van der Waals surface area contributed by atoms with E-state index >= 15 is 0 Å². The largest absolute Gasteiger partial charge is 0.447 e. The Labute approximate surface area is 303 Å². The second kappa shape index (κ2) is 21.7. The fourth-order valence-electron chi connectivity index (χ4n) is 6.40. The molecule has 0 radical (unpaired) electrons. The molecule has 0 saturated carbocycles. The second-order valence-electron chi connectivity index (χ2n) is 13.3. The van der Waals surface area contributed by atoms with Crippen molar-refractivity contribution >= 4 is 24.0 Å². The number of hydrogen-bond acceptors (Lipinski definition) is 7. The Kier molecular flexibility index (Phi) is 16.7. The summed E-state index contributed by atoms with van der Waals surface area (Å²) < 4.78 is 16.2. The van der Waals surface area contributed by atoms with Crippen LogP contribution in [0, 0.1) is 5.92 Å². The van der Waals surface area contributed by atoms with Gasteiger partial charge in [-0.3, -0.25) is 9.59 Å². The zero-order valence-electron chi connectivity index (χ0n) is 30.3. The van der Waals surface area contributed by atoms with Gasteiger partial charge < -0.3 is 14.2 Å². The molecule has 0 unspecified atom stereocenters. The molecule has 9 nitrogen and oxygen atoms in total. The van der Waals surface area contributed by atoms with Gasteiger partial charge in [0, 0.05) is 6.42 Å². The predicted octanol–water partition coefficient (Wildman–Crippen LogP) is 8.54. The maximum atomic E-state index is 13.3. The highest BCUT2D eigenvalue weighted by Gasteiger charge is 2.41. The Morgan fingerprint density at radius 3 is 1.71 bits per heavy atom. The van der Waals surface area contributed by atoms with Gasteiger partial charge in [-0.05, 0) is 42.4 Å². The fraction of sp³-hybridized carbons (Fsp3) is 0.476. The quantitative estimate of drug-likeness (QED) is 0.123. The Balaban J connectivity index is 0.000000244. The molecular formula is C42H54N2O7. The molecule has 51 heavy (non-hydrogen) atoms. The smallest absolute Gasteiger partial charge is 0.416 e. The van der Waals surface area contributed by atoms with Gasteiger partial charge >= 0.3 is 12.2 Å². The summed E-state index contributed by atoms with van der Waals surface area (Å²) in [5.74, 6) is -0.624. The Hall–Kier alpha value is -4.50. The molecule has 0 spiro atoms. The standard InChI is InChI=1S/C25H31NO4.C17H23NO3/c1-2-3-6-15-22(18-29-17-21-13-9-5-10-14-21)24(27)26-23(19-30-25(26)28)16-20-11-7-4-8-12-20;1-2-3-4-8-11-16(19)18-15(13-21-17(18)20)12-14-9-6-5-7-10-14/h4-5,7-14,22-23H,2-3,6,15-19H2,1H3;5-7,9-10,15H,2-4,8,11-13H2,1H3/t22-,23+;15-/m10/s1. The number of carbonyl (C=O) groups is 4. The third kappa shape index (κ3) is 12.6. The van der Waals surface area contributed by atoms with Crippen LogP contribution in [0.25, 0.3) is 0 Å². The third-order valence-corrected chi connectivity index (χ3v) is 9.24. The summed E-state index contributed by atoms with van der Waals surface area (Å²) in [5.41, 5.74) is 3.27. The molecule has 3 aromatic carbocycles. The average Bonchev–Trinajstić information content (AvgIpc) is 3.71. The SMILES string of the molecule is CCCCCCC(=O)N1C(=O)OC[C@@H]1Cc1ccccc1.CCCCC[C@H](COCc1ccccc1)C(=O)N1C(=O)OC[C@@H]1Cc1ccccc1. The maximum absolute atomic E-state index is 13.3. The van der Waals surface area contributed by atoms with Gasteiger partial charge in [-0.15, -0.1) is 0 Å². The number of imide groups is 2. The van der Waals surface area contributed by atoms with E-state index in [1.54, 1.807) is 0 Å². The molecule has 4 amide bonds. The number of rotatable bonds is 18. The second-order valence-corrected chi connectivity index (χ2v) is 13.3. The summed E-state index contributed by atoms with van der Waals surface area (Å²) >= 11 is 0. The van der Waals surface area contributed by atoms with E-state index < -0.39 is 12.2 Å². The lowest BCUT2D eigenvalue weighted by molar-refractivity contribution is -0.136. The van der Waals surface area contributed by atoms with E-state index in [2.05, 4.69) is 13.8 Å².